The Morgan fingerprint density at radius 1 is 1.00 bits per heavy atom. The number of methoxy groups -OCH3 is 2. The smallest absolute Gasteiger partial charge is 0.251 e. The maximum absolute atomic E-state index is 12.1. The van der Waals surface area contributed by atoms with Crippen molar-refractivity contribution in [3.63, 3.8) is 0 Å². The molecule has 2 rings (SSSR count). The van der Waals surface area contributed by atoms with E-state index in [2.05, 4.69) is 5.32 Å². The highest BCUT2D eigenvalue weighted by atomic mass is 16.5. The van der Waals surface area contributed by atoms with Gasteiger partial charge in [0, 0.05) is 29.3 Å². The summed E-state index contributed by atoms with van der Waals surface area (Å²) in [5.74, 6) is 0.534. The Balaban J connectivity index is 2.05. The van der Waals surface area contributed by atoms with Crippen LogP contribution in [0.2, 0.25) is 0 Å². The summed E-state index contributed by atoms with van der Waals surface area (Å²) in [4.78, 5) is 23.1. The second-order valence-corrected chi connectivity index (χ2v) is 4.80. The molecular weight excluding hydrogens is 296 g/mol. The number of carbonyl (C=O) groups excluding carboxylic acids is 2. The van der Waals surface area contributed by atoms with E-state index in [4.69, 9.17) is 15.2 Å². The molecule has 0 saturated heterocycles. The minimum atomic E-state index is -0.528. The largest absolute Gasteiger partial charge is 0.497 e. The molecule has 2 amide bonds. The summed E-state index contributed by atoms with van der Waals surface area (Å²) in [5, 5.41) is 2.80. The van der Waals surface area contributed by atoms with Gasteiger partial charge >= 0.3 is 0 Å². The van der Waals surface area contributed by atoms with Crippen molar-refractivity contribution >= 4 is 11.8 Å². The molecule has 6 nitrogen and oxygen atoms in total. The highest BCUT2D eigenvalue weighted by molar-refractivity contribution is 5.97. The van der Waals surface area contributed by atoms with Crippen molar-refractivity contribution in [2.45, 2.75) is 6.54 Å². The SMILES string of the molecule is COc1ccc(CNC(=O)c2ccc(C(N)=O)cc2)c(OC)c1. The molecule has 0 unspecified atom stereocenters. The van der Waals surface area contributed by atoms with E-state index in [-0.39, 0.29) is 5.91 Å². The van der Waals surface area contributed by atoms with Crippen LogP contribution in [0.5, 0.6) is 11.5 Å². The lowest BCUT2D eigenvalue weighted by Crippen LogP contribution is -2.23. The van der Waals surface area contributed by atoms with Crippen LogP contribution in [0.15, 0.2) is 42.5 Å². The van der Waals surface area contributed by atoms with Gasteiger partial charge in [0.25, 0.3) is 5.91 Å². The molecule has 0 radical (unpaired) electrons. The van der Waals surface area contributed by atoms with Crippen molar-refractivity contribution in [3.05, 3.63) is 59.2 Å². The zero-order valence-electron chi connectivity index (χ0n) is 13.0. The average Bonchev–Trinajstić information content (AvgIpc) is 2.59. The van der Waals surface area contributed by atoms with Gasteiger partial charge in [-0.15, -0.1) is 0 Å². The van der Waals surface area contributed by atoms with Crippen LogP contribution in [0, 0.1) is 0 Å². The number of ether oxygens (including phenoxy) is 2. The van der Waals surface area contributed by atoms with Crippen molar-refractivity contribution in [2.24, 2.45) is 5.73 Å². The molecule has 2 aromatic carbocycles. The molecule has 0 bridgehead atoms. The van der Waals surface area contributed by atoms with Gasteiger partial charge in [0.2, 0.25) is 5.91 Å². The Morgan fingerprint density at radius 2 is 1.65 bits per heavy atom. The Kier molecular flexibility index (Phi) is 5.19. The van der Waals surface area contributed by atoms with Gasteiger partial charge in [0.15, 0.2) is 0 Å². The van der Waals surface area contributed by atoms with Gasteiger partial charge in [0.05, 0.1) is 14.2 Å². The fraction of sp³-hybridized carbons (Fsp3) is 0.176. The van der Waals surface area contributed by atoms with E-state index in [1.807, 2.05) is 6.07 Å². The molecule has 0 fully saturated rings. The first-order valence-corrected chi connectivity index (χ1v) is 6.94. The number of carbonyl (C=O) groups is 2. The molecule has 0 heterocycles. The van der Waals surface area contributed by atoms with Crippen LogP contribution in [-0.4, -0.2) is 26.0 Å². The van der Waals surface area contributed by atoms with Crippen LogP contribution >= 0.6 is 0 Å². The normalized spacial score (nSPS) is 10.0. The van der Waals surface area contributed by atoms with Crippen molar-refractivity contribution in [1.29, 1.82) is 0 Å². The number of primary amides is 1. The average molecular weight is 314 g/mol. The van der Waals surface area contributed by atoms with Crippen LogP contribution in [-0.2, 0) is 6.54 Å². The maximum atomic E-state index is 12.1. The number of rotatable bonds is 6. The first-order chi connectivity index (χ1) is 11.0. The molecule has 0 aliphatic carbocycles. The third kappa shape index (κ3) is 4.00. The van der Waals surface area contributed by atoms with Crippen molar-refractivity contribution < 1.29 is 19.1 Å². The number of nitrogens with one attached hydrogen (secondary N) is 1. The number of benzene rings is 2. The van der Waals surface area contributed by atoms with Gasteiger partial charge in [-0.3, -0.25) is 9.59 Å². The standard InChI is InChI=1S/C17H18N2O4/c1-22-14-8-7-13(15(9-14)23-2)10-19-17(21)12-5-3-11(4-6-12)16(18)20/h3-9H,10H2,1-2H3,(H2,18,20)(H,19,21). The van der Waals surface area contributed by atoms with Crippen LogP contribution in [0.3, 0.4) is 0 Å². The first-order valence-electron chi connectivity index (χ1n) is 6.94. The minimum absolute atomic E-state index is 0.251. The van der Waals surface area contributed by atoms with Gasteiger partial charge in [-0.05, 0) is 36.4 Å². The fourth-order valence-electron chi connectivity index (χ4n) is 2.06. The van der Waals surface area contributed by atoms with E-state index in [1.165, 1.54) is 12.1 Å². The third-order valence-electron chi connectivity index (χ3n) is 3.37. The van der Waals surface area contributed by atoms with E-state index in [1.54, 1.807) is 38.5 Å². The van der Waals surface area contributed by atoms with Crippen LogP contribution in [0.4, 0.5) is 0 Å². The van der Waals surface area contributed by atoms with E-state index < -0.39 is 5.91 Å². The van der Waals surface area contributed by atoms with Gasteiger partial charge in [0.1, 0.15) is 11.5 Å². The number of amides is 2. The Hall–Kier alpha value is -3.02. The lowest BCUT2D eigenvalue weighted by Gasteiger charge is -2.11. The van der Waals surface area contributed by atoms with Gasteiger partial charge in [-0.25, -0.2) is 0 Å². The highest BCUT2D eigenvalue weighted by Gasteiger charge is 2.09. The Morgan fingerprint density at radius 3 is 2.22 bits per heavy atom. The van der Waals surface area contributed by atoms with Crippen molar-refractivity contribution in [1.82, 2.24) is 5.32 Å². The number of nitrogens with two attached hydrogens (primary N) is 1. The molecule has 23 heavy (non-hydrogen) atoms. The van der Waals surface area contributed by atoms with Gasteiger partial charge in [-0.1, -0.05) is 0 Å². The first kappa shape index (κ1) is 16.4. The molecule has 3 N–H and O–H groups in total. The fourth-order valence-corrected chi connectivity index (χ4v) is 2.06. The summed E-state index contributed by atoms with van der Waals surface area (Å²) in [7, 11) is 3.13. The molecule has 0 atom stereocenters. The quantitative estimate of drug-likeness (QED) is 0.849. The van der Waals surface area contributed by atoms with E-state index >= 15 is 0 Å². The Labute approximate surface area is 134 Å². The molecular formula is C17H18N2O4. The number of hydrogen-bond donors (Lipinski definition) is 2. The summed E-state index contributed by atoms with van der Waals surface area (Å²) in [6.07, 6.45) is 0. The summed E-state index contributed by atoms with van der Waals surface area (Å²) >= 11 is 0. The topological polar surface area (TPSA) is 90.6 Å². The van der Waals surface area contributed by atoms with Crippen molar-refractivity contribution in [2.75, 3.05) is 14.2 Å². The zero-order chi connectivity index (χ0) is 16.8. The third-order valence-corrected chi connectivity index (χ3v) is 3.37. The molecule has 2 aromatic rings. The monoisotopic (exact) mass is 314 g/mol. The molecule has 0 aliphatic rings. The Bertz CT molecular complexity index is 711. The van der Waals surface area contributed by atoms with Crippen LogP contribution in [0.1, 0.15) is 26.3 Å². The zero-order valence-corrected chi connectivity index (χ0v) is 13.0. The molecule has 0 aromatic heterocycles. The highest BCUT2D eigenvalue weighted by Crippen LogP contribution is 2.24. The minimum Gasteiger partial charge on any atom is -0.497 e. The molecule has 120 valence electrons. The number of hydrogen-bond acceptors (Lipinski definition) is 4. The van der Waals surface area contributed by atoms with Crippen LogP contribution in [0.25, 0.3) is 0 Å². The van der Waals surface area contributed by atoms with E-state index in [0.29, 0.717) is 29.2 Å². The lowest BCUT2D eigenvalue weighted by molar-refractivity contribution is 0.0948. The van der Waals surface area contributed by atoms with Crippen molar-refractivity contribution in [3.8, 4) is 11.5 Å². The molecule has 6 heteroatoms. The second-order valence-electron chi connectivity index (χ2n) is 4.80. The summed E-state index contributed by atoms with van der Waals surface area (Å²) in [6, 6.07) is 11.5. The van der Waals surface area contributed by atoms with Crippen LogP contribution < -0.4 is 20.5 Å². The molecule has 0 aliphatic heterocycles. The predicted molar refractivity (Wildman–Crippen MR) is 85.7 cm³/mol. The summed E-state index contributed by atoms with van der Waals surface area (Å²) in [6.45, 7) is 0.309. The second kappa shape index (κ2) is 7.31. The van der Waals surface area contributed by atoms with Gasteiger partial charge < -0.3 is 20.5 Å². The summed E-state index contributed by atoms with van der Waals surface area (Å²) < 4.78 is 10.4. The maximum Gasteiger partial charge on any atom is 0.251 e. The summed E-state index contributed by atoms with van der Waals surface area (Å²) in [5.41, 5.74) is 6.80. The molecule has 0 saturated carbocycles. The molecule has 0 spiro atoms. The van der Waals surface area contributed by atoms with E-state index in [0.717, 1.165) is 5.56 Å². The van der Waals surface area contributed by atoms with E-state index in [9.17, 15) is 9.59 Å². The predicted octanol–water partition coefficient (Wildman–Crippen LogP) is 1.73. The van der Waals surface area contributed by atoms with Gasteiger partial charge in [-0.2, -0.15) is 0 Å². The lowest BCUT2D eigenvalue weighted by atomic mass is 10.1.